The maximum absolute atomic E-state index is 12.4. The summed E-state index contributed by atoms with van der Waals surface area (Å²) in [6.07, 6.45) is 2.15. The molecule has 1 aliphatic rings. The van der Waals surface area contributed by atoms with Crippen LogP contribution in [-0.4, -0.2) is 24.5 Å². The highest BCUT2D eigenvalue weighted by Gasteiger charge is 2.41. The molecule has 0 aromatic heterocycles. The molecule has 2 unspecified atom stereocenters. The van der Waals surface area contributed by atoms with Crippen molar-refractivity contribution in [3.05, 3.63) is 30.3 Å². The lowest BCUT2D eigenvalue weighted by molar-refractivity contribution is -0.152. The quantitative estimate of drug-likeness (QED) is 0.538. The van der Waals surface area contributed by atoms with Crippen LogP contribution in [0.5, 0.6) is 0 Å². The minimum Gasteiger partial charge on any atom is -0.464 e. The van der Waals surface area contributed by atoms with Crippen LogP contribution >= 0.6 is 12.0 Å². The summed E-state index contributed by atoms with van der Waals surface area (Å²) in [6, 6.07) is 9.60. The summed E-state index contributed by atoms with van der Waals surface area (Å²) in [5.41, 5.74) is -0.110. The van der Waals surface area contributed by atoms with E-state index in [2.05, 4.69) is 13.8 Å². The van der Waals surface area contributed by atoms with Gasteiger partial charge in [-0.05, 0) is 43.7 Å². The lowest BCUT2D eigenvalue weighted by atomic mass is 9.66. The van der Waals surface area contributed by atoms with E-state index in [1.165, 1.54) is 0 Å². The van der Waals surface area contributed by atoms with E-state index in [9.17, 15) is 9.59 Å². The standard InChI is InChI=1S/C19H26O4S/c1-4-22-18(21)17(23-24-14-9-6-5-7-10-14)13-15-16(20)11-8-12-19(15,2)3/h5-7,9-10,15,17H,4,8,11-13H2,1-3H3. The van der Waals surface area contributed by atoms with Gasteiger partial charge in [-0.15, -0.1) is 0 Å². The summed E-state index contributed by atoms with van der Waals surface area (Å²) >= 11 is 1.16. The van der Waals surface area contributed by atoms with Gasteiger partial charge in [0.25, 0.3) is 0 Å². The Morgan fingerprint density at radius 3 is 2.67 bits per heavy atom. The van der Waals surface area contributed by atoms with Crippen molar-refractivity contribution < 1.29 is 18.5 Å². The van der Waals surface area contributed by atoms with Crippen molar-refractivity contribution in [2.45, 2.75) is 57.5 Å². The number of benzene rings is 1. The van der Waals surface area contributed by atoms with Gasteiger partial charge < -0.3 is 4.74 Å². The predicted molar refractivity (Wildman–Crippen MR) is 94.6 cm³/mol. The Bertz CT molecular complexity index is 556. The number of esters is 1. The second-order valence-electron chi connectivity index (χ2n) is 6.83. The Morgan fingerprint density at radius 2 is 2.04 bits per heavy atom. The van der Waals surface area contributed by atoms with Crippen molar-refractivity contribution in [1.29, 1.82) is 0 Å². The third kappa shape index (κ3) is 5.08. The lowest BCUT2D eigenvalue weighted by Gasteiger charge is -2.38. The summed E-state index contributed by atoms with van der Waals surface area (Å²) < 4.78 is 10.9. The first-order chi connectivity index (χ1) is 11.4. The summed E-state index contributed by atoms with van der Waals surface area (Å²) in [5.74, 6) is -0.332. The maximum atomic E-state index is 12.4. The zero-order chi connectivity index (χ0) is 17.6. The van der Waals surface area contributed by atoms with Gasteiger partial charge >= 0.3 is 5.97 Å². The van der Waals surface area contributed by atoms with Crippen LogP contribution in [0.4, 0.5) is 0 Å². The van der Waals surface area contributed by atoms with E-state index in [1.807, 2.05) is 30.3 Å². The predicted octanol–water partition coefficient (Wildman–Crippen LogP) is 4.43. The van der Waals surface area contributed by atoms with Gasteiger partial charge in [0.05, 0.1) is 6.61 Å². The summed E-state index contributed by atoms with van der Waals surface area (Å²) in [4.78, 5) is 25.6. The maximum Gasteiger partial charge on any atom is 0.336 e. The highest BCUT2D eigenvalue weighted by atomic mass is 32.2. The molecule has 2 rings (SSSR count). The van der Waals surface area contributed by atoms with Crippen molar-refractivity contribution >= 4 is 23.8 Å². The Labute approximate surface area is 148 Å². The van der Waals surface area contributed by atoms with Crippen molar-refractivity contribution in [1.82, 2.24) is 0 Å². The highest BCUT2D eigenvalue weighted by molar-refractivity contribution is 7.94. The zero-order valence-electron chi connectivity index (χ0n) is 14.6. The van der Waals surface area contributed by atoms with Crippen LogP contribution in [-0.2, 0) is 18.5 Å². The third-order valence-electron chi connectivity index (χ3n) is 4.58. The molecule has 5 heteroatoms. The second-order valence-corrected chi connectivity index (χ2v) is 7.66. The molecule has 4 nitrogen and oxygen atoms in total. The monoisotopic (exact) mass is 350 g/mol. The minimum atomic E-state index is -0.735. The number of Topliss-reactive ketones (excluding diaryl/α,β-unsaturated/α-hetero) is 1. The first kappa shape index (κ1) is 19.0. The third-order valence-corrected chi connectivity index (χ3v) is 5.37. The van der Waals surface area contributed by atoms with Gasteiger partial charge in [0, 0.05) is 29.3 Å². The Balaban J connectivity index is 2.07. The van der Waals surface area contributed by atoms with Gasteiger partial charge in [-0.1, -0.05) is 32.0 Å². The first-order valence-electron chi connectivity index (χ1n) is 8.51. The molecule has 0 N–H and O–H groups in total. The molecule has 132 valence electrons. The molecule has 0 spiro atoms. The molecule has 0 heterocycles. The van der Waals surface area contributed by atoms with Crippen molar-refractivity contribution in [2.75, 3.05) is 6.61 Å². The number of hydrogen-bond donors (Lipinski definition) is 0. The number of ether oxygens (including phenoxy) is 1. The fourth-order valence-corrected chi connectivity index (χ4v) is 3.82. The van der Waals surface area contributed by atoms with Crippen LogP contribution in [0.2, 0.25) is 0 Å². The molecule has 0 radical (unpaired) electrons. The van der Waals surface area contributed by atoms with Crippen molar-refractivity contribution in [3.8, 4) is 0 Å². The van der Waals surface area contributed by atoms with Crippen molar-refractivity contribution in [2.24, 2.45) is 11.3 Å². The lowest BCUT2D eigenvalue weighted by Crippen LogP contribution is -2.40. The van der Waals surface area contributed by atoms with Crippen LogP contribution in [0, 0.1) is 11.3 Å². The van der Waals surface area contributed by atoms with E-state index in [4.69, 9.17) is 8.92 Å². The summed E-state index contributed by atoms with van der Waals surface area (Å²) in [6.45, 7) is 6.27. The van der Waals surface area contributed by atoms with Gasteiger partial charge in [-0.2, -0.15) is 0 Å². The summed E-state index contributed by atoms with van der Waals surface area (Å²) in [7, 11) is 0. The molecule has 2 atom stereocenters. The van der Waals surface area contributed by atoms with Crippen LogP contribution in [0.25, 0.3) is 0 Å². The molecule has 1 aromatic rings. The molecular weight excluding hydrogens is 324 g/mol. The molecule has 1 aromatic carbocycles. The fourth-order valence-electron chi connectivity index (χ4n) is 3.17. The van der Waals surface area contributed by atoms with Crippen LogP contribution in [0.15, 0.2) is 35.2 Å². The average molecular weight is 350 g/mol. The first-order valence-corrected chi connectivity index (χ1v) is 9.26. The number of hydrogen-bond acceptors (Lipinski definition) is 5. The van der Waals surface area contributed by atoms with Crippen LogP contribution in [0.3, 0.4) is 0 Å². The topological polar surface area (TPSA) is 52.6 Å². The molecule has 0 bridgehead atoms. The van der Waals surface area contributed by atoms with E-state index >= 15 is 0 Å². The van der Waals surface area contributed by atoms with Gasteiger partial charge in [0.2, 0.25) is 0 Å². The number of ketones is 1. The van der Waals surface area contributed by atoms with Gasteiger partial charge in [-0.3, -0.25) is 8.98 Å². The SMILES string of the molecule is CCOC(=O)C(CC1C(=O)CCCC1(C)C)OSc1ccccc1. The van der Waals surface area contributed by atoms with Gasteiger partial charge in [0.1, 0.15) is 5.78 Å². The minimum absolute atomic E-state index is 0.110. The van der Waals surface area contributed by atoms with E-state index in [1.54, 1.807) is 6.92 Å². The summed E-state index contributed by atoms with van der Waals surface area (Å²) in [5, 5.41) is 0. The Hall–Kier alpha value is -1.33. The zero-order valence-corrected chi connectivity index (χ0v) is 15.4. The normalized spacial score (nSPS) is 21.3. The Morgan fingerprint density at radius 1 is 1.33 bits per heavy atom. The molecule has 0 amide bonds. The molecular formula is C19H26O4S. The number of carbonyl (C=O) groups excluding carboxylic acids is 2. The molecule has 1 aliphatic carbocycles. The molecule has 0 saturated heterocycles. The van der Waals surface area contributed by atoms with Gasteiger partial charge in [0.15, 0.2) is 6.10 Å². The fraction of sp³-hybridized carbons (Fsp3) is 0.579. The number of carbonyl (C=O) groups is 2. The van der Waals surface area contributed by atoms with Crippen LogP contribution < -0.4 is 0 Å². The molecule has 1 fully saturated rings. The van der Waals surface area contributed by atoms with Crippen LogP contribution in [0.1, 0.15) is 46.5 Å². The van der Waals surface area contributed by atoms with Gasteiger partial charge in [-0.25, -0.2) is 4.79 Å². The van der Waals surface area contributed by atoms with E-state index in [0.29, 0.717) is 19.4 Å². The Kier molecular flexibility index (Phi) is 6.87. The second kappa shape index (κ2) is 8.67. The molecule has 0 aliphatic heterocycles. The van der Waals surface area contributed by atoms with E-state index in [0.717, 1.165) is 29.8 Å². The number of rotatable bonds is 7. The average Bonchev–Trinajstić information content (AvgIpc) is 2.54. The smallest absolute Gasteiger partial charge is 0.336 e. The molecule has 1 saturated carbocycles. The molecule has 24 heavy (non-hydrogen) atoms. The largest absolute Gasteiger partial charge is 0.464 e. The highest BCUT2D eigenvalue weighted by Crippen LogP contribution is 2.42. The van der Waals surface area contributed by atoms with E-state index < -0.39 is 12.1 Å². The van der Waals surface area contributed by atoms with E-state index in [-0.39, 0.29) is 17.1 Å². The van der Waals surface area contributed by atoms with Crippen molar-refractivity contribution in [3.63, 3.8) is 0 Å².